The van der Waals surface area contributed by atoms with Gasteiger partial charge in [0.05, 0.1) is 18.1 Å². The van der Waals surface area contributed by atoms with Crippen LogP contribution in [-0.2, 0) is 6.54 Å². The maximum Gasteiger partial charge on any atom is 0.144 e. The van der Waals surface area contributed by atoms with Gasteiger partial charge in [0.15, 0.2) is 0 Å². The molecule has 0 unspecified atom stereocenters. The van der Waals surface area contributed by atoms with Crippen LogP contribution in [0.1, 0.15) is 5.56 Å². The number of halogens is 1. The van der Waals surface area contributed by atoms with Crippen LogP contribution >= 0.6 is 11.6 Å². The van der Waals surface area contributed by atoms with Crippen molar-refractivity contribution >= 4 is 17.4 Å². The summed E-state index contributed by atoms with van der Waals surface area (Å²) in [5, 5.41) is 13.2. The van der Waals surface area contributed by atoms with Gasteiger partial charge in [0.1, 0.15) is 11.6 Å². The molecule has 0 saturated heterocycles. The summed E-state index contributed by atoms with van der Waals surface area (Å²) < 4.78 is 0. The van der Waals surface area contributed by atoms with Crippen molar-refractivity contribution < 1.29 is 5.11 Å². The van der Waals surface area contributed by atoms with Gasteiger partial charge in [-0.15, -0.1) is 0 Å². The quantitative estimate of drug-likeness (QED) is 0.761. The third-order valence-corrected chi connectivity index (χ3v) is 3.41. The Kier molecular flexibility index (Phi) is 4.21. The molecule has 1 aromatic heterocycles. The normalized spacial score (nSPS) is 10.4. The summed E-state index contributed by atoms with van der Waals surface area (Å²) in [4.78, 5) is 8.72. The number of hydrogen-bond donors (Lipinski definition) is 2. The summed E-state index contributed by atoms with van der Waals surface area (Å²) in [7, 11) is 0. The molecule has 0 radical (unpaired) electrons. The molecule has 0 aliphatic rings. The van der Waals surface area contributed by atoms with Gasteiger partial charge < -0.3 is 10.4 Å². The zero-order valence-electron chi connectivity index (χ0n) is 11.7. The number of anilines is 1. The van der Waals surface area contributed by atoms with Gasteiger partial charge in [-0.3, -0.25) is 4.98 Å². The van der Waals surface area contributed by atoms with E-state index in [0.717, 1.165) is 16.8 Å². The van der Waals surface area contributed by atoms with Crippen LogP contribution in [0.15, 0.2) is 60.9 Å². The summed E-state index contributed by atoms with van der Waals surface area (Å²) in [5.41, 5.74) is 2.75. The van der Waals surface area contributed by atoms with E-state index in [0.29, 0.717) is 17.4 Å². The number of nitrogens with one attached hydrogen (secondary N) is 1. The Hall–Kier alpha value is -2.59. The Bertz CT molecular complexity index is 758. The third-order valence-electron chi connectivity index (χ3n) is 3.18. The van der Waals surface area contributed by atoms with Crippen molar-refractivity contribution in [2.75, 3.05) is 5.32 Å². The van der Waals surface area contributed by atoms with Crippen molar-refractivity contribution in [1.29, 1.82) is 0 Å². The molecule has 5 heteroatoms. The molecule has 1 heterocycles. The van der Waals surface area contributed by atoms with Crippen LogP contribution in [0.4, 0.5) is 5.82 Å². The SMILES string of the molecule is Oc1ccc(-c2cnc(NCc3cccc(Cl)c3)cn2)cc1. The van der Waals surface area contributed by atoms with Crippen LogP contribution in [0.2, 0.25) is 5.02 Å². The molecule has 4 nitrogen and oxygen atoms in total. The van der Waals surface area contributed by atoms with Crippen LogP contribution in [0.25, 0.3) is 11.3 Å². The second-order valence-corrected chi connectivity index (χ2v) is 5.25. The minimum atomic E-state index is 0.233. The molecule has 0 saturated carbocycles. The lowest BCUT2D eigenvalue weighted by Crippen LogP contribution is -2.02. The minimum absolute atomic E-state index is 0.233. The third kappa shape index (κ3) is 3.54. The van der Waals surface area contributed by atoms with Crippen LogP contribution in [-0.4, -0.2) is 15.1 Å². The predicted molar refractivity (Wildman–Crippen MR) is 87.9 cm³/mol. The molecule has 2 N–H and O–H groups in total. The van der Waals surface area contributed by atoms with Gasteiger partial charge >= 0.3 is 0 Å². The lowest BCUT2D eigenvalue weighted by molar-refractivity contribution is 0.475. The summed E-state index contributed by atoms with van der Waals surface area (Å²) in [6.07, 6.45) is 3.39. The standard InChI is InChI=1S/C17H14ClN3O/c18-14-3-1-2-12(8-14)9-20-17-11-19-16(10-21-17)13-4-6-15(22)7-5-13/h1-8,10-11,22H,9H2,(H,20,21). The van der Waals surface area contributed by atoms with Gasteiger partial charge in [0, 0.05) is 17.1 Å². The second-order valence-electron chi connectivity index (χ2n) is 4.82. The Morgan fingerprint density at radius 3 is 2.50 bits per heavy atom. The molecule has 0 fully saturated rings. The fraction of sp³-hybridized carbons (Fsp3) is 0.0588. The highest BCUT2D eigenvalue weighted by atomic mass is 35.5. The molecule has 0 spiro atoms. The van der Waals surface area contributed by atoms with E-state index in [2.05, 4.69) is 15.3 Å². The Balaban J connectivity index is 1.68. The van der Waals surface area contributed by atoms with Gasteiger partial charge in [0.25, 0.3) is 0 Å². The summed E-state index contributed by atoms with van der Waals surface area (Å²) in [6, 6.07) is 14.5. The van der Waals surface area contributed by atoms with Gasteiger partial charge in [-0.2, -0.15) is 0 Å². The summed E-state index contributed by atoms with van der Waals surface area (Å²) in [5.74, 6) is 0.930. The number of hydrogen-bond acceptors (Lipinski definition) is 4. The Labute approximate surface area is 133 Å². The molecule has 3 aromatic rings. The van der Waals surface area contributed by atoms with E-state index in [1.807, 2.05) is 24.3 Å². The van der Waals surface area contributed by atoms with E-state index in [4.69, 9.17) is 11.6 Å². The van der Waals surface area contributed by atoms with Crippen LogP contribution < -0.4 is 5.32 Å². The maximum atomic E-state index is 9.29. The van der Waals surface area contributed by atoms with E-state index in [1.54, 1.807) is 36.7 Å². The predicted octanol–water partition coefficient (Wildman–Crippen LogP) is 4.11. The molecule has 0 atom stereocenters. The lowest BCUT2D eigenvalue weighted by Gasteiger charge is -2.07. The average molecular weight is 312 g/mol. The number of nitrogens with zero attached hydrogens (tertiary/aromatic N) is 2. The zero-order chi connectivity index (χ0) is 15.4. The number of phenolic OH excluding ortho intramolecular Hbond substituents is 1. The monoisotopic (exact) mass is 311 g/mol. The van der Waals surface area contributed by atoms with Crippen molar-refractivity contribution in [2.45, 2.75) is 6.54 Å². The van der Waals surface area contributed by atoms with Crippen molar-refractivity contribution in [3.8, 4) is 17.0 Å². The summed E-state index contributed by atoms with van der Waals surface area (Å²) >= 11 is 5.95. The molecule has 0 amide bonds. The number of benzene rings is 2. The van der Waals surface area contributed by atoms with Crippen molar-refractivity contribution in [3.05, 3.63) is 71.5 Å². The number of phenols is 1. The van der Waals surface area contributed by atoms with E-state index < -0.39 is 0 Å². The molecule has 22 heavy (non-hydrogen) atoms. The minimum Gasteiger partial charge on any atom is -0.508 e. The first kappa shape index (κ1) is 14.4. The molecule has 0 aliphatic carbocycles. The highest BCUT2D eigenvalue weighted by Crippen LogP contribution is 2.20. The molecule has 110 valence electrons. The fourth-order valence-electron chi connectivity index (χ4n) is 2.04. The zero-order valence-corrected chi connectivity index (χ0v) is 12.5. The number of aromatic hydroxyl groups is 1. The van der Waals surface area contributed by atoms with Crippen molar-refractivity contribution in [1.82, 2.24) is 9.97 Å². The smallest absolute Gasteiger partial charge is 0.144 e. The number of rotatable bonds is 4. The first-order valence-electron chi connectivity index (χ1n) is 6.80. The van der Waals surface area contributed by atoms with Gasteiger partial charge in [0.2, 0.25) is 0 Å². The van der Waals surface area contributed by atoms with Crippen molar-refractivity contribution in [2.24, 2.45) is 0 Å². The first-order valence-corrected chi connectivity index (χ1v) is 7.18. The summed E-state index contributed by atoms with van der Waals surface area (Å²) in [6.45, 7) is 0.633. The molecule has 2 aromatic carbocycles. The average Bonchev–Trinajstić information content (AvgIpc) is 2.54. The number of aromatic nitrogens is 2. The van der Waals surface area contributed by atoms with E-state index in [-0.39, 0.29) is 5.75 Å². The first-order chi connectivity index (χ1) is 10.7. The van der Waals surface area contributed by atoms with Gasteiger partial charge in [-0.05, 0) is 42.0 Å². The Morgan fingerprint density at radius 2 is 1.82 bits per heavy atom. The highest BCUT2D eigenvalue weighted by molar-refractivity contribution is 6.30. The largest absolute Gasteiger partial charge is 0.508 e. The Morgan fingerprint density at radius 1 is 1.00 bits per heavy atom. The van der Waals surface area contributed by atoms with Crippen molar-refractivity contribution in [3.63, 3.8) is 0 Å². The van der Waals surface area contributed by atoms with Crippen LogP contribution in [0.5, 0.6) is 5.75 Å². The van der Waals surface area contributed by atoms with Gasteiger partial charge in [-0.1, -0.05) is 23.7 Å². The van der Waals surface area contributed by atoms with E-state index in [9.17, 15) is 5.11 Å². The topological polar surface area (TPSA) is 58.0 Å². The molecular formula is C17H14ClN3O. The van der Waals surface area contributed by atoms with E-state index >= 15 is 0 Å². The highest BCUT2D eigenvalue weighted by Gasteiger charge is 2.01. The van der Waals surface area contributed by atoms with Gasteiger partial charge in [-0.25, -0.2) is 4.98 Å². The maximum absolute atomic E-state index is 9.29. The van der Waals surface area contributed by atoms with E-state index in [1.165, 1.54) is 0 Å². The fourth-order valence-corrected chi connectivity index (χ4v) is 2.25. The van der Waals surface area contributed by atoms with Crippen LogP contribution in [0.3, 0.4) is 0 Å². The molecule has 3 rings (SSSR count). The molecule has 0 bridgehead atoms. The molecule has 0 aliphatic heterocycles. The lowest BCUT2D eigenvalue weighted by atomic mass is 10.1. The molecular weight excluding hydrogens is 298 g/mol. The second kappa shape index (κ2) is 6.45. The van der Waals surface area contributed by atoms with Crippen LogP contribution in [0, 0.1) is 0 Å².